The van der Waals surface area contributed by atoms with Crippen molar-refractivity contribution in [3.8, 4) is 17.2 Å². The molecule has 0 saturated carbocycles. The van der Waals surface area contributed by atoms with Crippen LogP contribution in [0.4, 0.5) is 0 Å². The van der Waals surface area contributed by atoms with Crippen LogP contribution in [0.1, 0.15) is 42.5 Å². The van der Waals surface area contributed by atoms with Crippen LogP contribution in [-0.2, 0) is 0 Å². The second-order valence-electron chi connectivity index (χ2n) is 5.62. The molecule has 5 nitrogen and oxygen atoms in total. The molecule has 0 bridgehead atoms. The fourth-order valence-corrected chi connectivity index (χ4v) is 3.49. The predicted octanol–water partition coefficient (Wildman–Crippen LogP) is 4.10. The van der Waals surface area contributed by atoms with Gasteiger partial charge in [0.05, 0.1) is 31.4 Å². The third-order valence-corrected chi connectivity index (χ3v) is 4.92. The molecule has 0 saturated heterocycles. The van der Waals surface area contributed by atoms with E-state index in [1.165, 1.54) is 39.7 Å². The first-order valence-electron chi connectivity index (χ1n) is 8.07. The van der Waals surface area contributed by atoms with E-state index in [9.17, 15) is 4.79 Å². The van der Waals surface area contributed by atoms with Crippen molar-refractivity contribution in [2.75, 3.05) is 27.9 Å². The smallest absolute Gasteiger partial charge is 0.252 e. The first-order valence-corrected chi connectivity index (χ1v) is 8.86. The number of amides is 1. The number of rotatable bonds is 7. The van der Waals surface area contributed by atoms with Crippen LogP contribution in [0.25, 0.3) is 0 Å². The Bertz CT molecular complexity index is 628. The van der Waals surface area contributed by atoms with E-state index in [1.807, 2.05) is 0 Å². The summed E-state index contributed by atoms with van der Waals surface area (Å²) in [6.07, 6.45) is 8.01. The van der Waals surface area contributed by atoms with Gasteiger partial charge < -0.3 is 19.5 Å². The normalized spacial score (nSPS) is 13.9. The topological polar surface area (TPSA) is 56.8 Å². The van der Waals surface area contributed by atoms with E-state index >= 15 is 0 Å². The lowest BCUT2D eigenvalue weighted by atomic mass is 9.97. The highest BCUT2D eigenvalue weighted by Gasteiger charge is 2.22. The summed E-state index contributed by atoms with van der Waals surface area (Å²) < 4.78 is 16.5. The van der Waals surface area contributed by atoms with Gasteiger partial charge >= 0.3 is 0 Å². The van der Waals surface area contributed by atoms with Crippen LogP contribution >= 0.6 is 15.9 Å². The van der Waals surface area contributed by atoms with Gasteiger partial charge in [-0.25, -0.2) is 0 Å². The van der Waals surface area contributed by atoms with E-state index in [-0.39, 0.29) is 5.91 Å². The predicted molar refractivity (Wildman–Crippen MR) is 97.3 cm³/mol. The molecule has 0 heterocycles. The third kappa shape index (κ3) is 4.23. The second-order valence-corrected chi connectivity index (χ2v) is 6.41. The monoisotopic (exact) mass is 397 g/mol. The van der Waals surface area contributed by atoms with Crippen molar-refractivity contribution in [1.82, 2.24) is 5.32 Å². The molecule has 1 aromatic rings. The summed E-state index contributed by atoms with van der Waals surface area (Å²) in [5.74, 6) is 1.18. The van der Waals surface area contributed by atoms with Crippen LogP contribution in [0.3, 0.4) is 0 Å². The minimum Gasteiger partial charge on any atom is -0.493 e. The van der Waals surface area contributed by atoms with Crippen molar-refractivity contribution in [1.29, 1.82) is 0 Å². The van der Waals surface area contributed by atoms with Crippen molar-refractivity contribution in [3.05, 3.63) is 27.8 Å². The summed E-state index contributed by atoms with van der Waals surface area (Å²) in [5, 5.41) is 2.97. The van der Waals surface area contributed by atoms with E-state index in [2.05, 4.69) is 27.3 Å². The van der Waals surface area contributed by atoms with Crippen LogP contribution < -0.4 is 19.5 Å². The summed E-state index contributed by atoms with van der Waals surface area (Å²) in [6, 6.07) is 1.65. The average molecular weight is 398 g/mol. The Morgan fingerprint density at radius 3 is 2.50 bits per heavy atom. The number of benzene rings is 1. The van der Waals surface area contributed by atoms with Crippen LogP contribution in [0.2, 0.25) is 0 Å². The van der Waals surface area contributed by atoms with Crippen molar-refractivity contribution in [3.63, 3.8) is 0 Å². The average Bonchev–Trinajstić information content (AvgIpc) is 2.61. The van der Waals surface area contributed by atoms with Gasteiger partial charge in [0.15, 0.2) is 11.5 Å². The molecule has 24 heavy (non-hydrogen) atoms. The number of ether oxygens (including phenoxy) is 3. The molecular formula is C18H24BrNO4. The molecule has 2 rings (SSSR count). The van der Waals surface area contributed by atoms with E-state index < -0.39 is 0 Å². The number of methoxy groups -OCH3 is 3. The second kappa shape index (κ2) is 8.97. The molecule has 6 heteroatoms. The highest BCUT2D eigenvalue weighted by Crippen LogP contribution is 2.44. The molecule has 0 radical (unpaired) electrons. The van der Waals surface area contributed by atoms with Crippen LogP contribution in [0.15, 0.2) is 22.2 Å². The number of carbonyl (C=O) groups excluding carboxylic acids is 1. The molecule has 0 fully saturated rings. The van der Waals surface area contributed by atoms with E-state index in [0.29, 0.717) is 33.8 Å². The standard InChI is InChI=1S/C18H24BrNO4/c1-22-14-11-13(15(19)17(24-3)16(14)23-2)18(21)20-10-9-12-7-5-4-6-8-12/h7,11H,4-6,8-10H2,1-3H3,(H,20,21). The minimum absolute atomic E-state index is 0.169. The number of halogens is 1. The SMILES string of the molecule is COc1cc(C(=O)NCCC2=CCCCC2)c(Br)c(OC)c1OC. The van der Waals surface area contributed by atoms with Gasteiger partial charge in [0.2, 0.25) is 5.75 Å². The lowest BCUT2D eigenvalue weighted by Gasteiger charge is -2.17. The molecule has 1 aromatic carbocycles. The molecule has 1 aliphatic rings. The molecule has 0 unspecified atom stereocenters. The molecule has 1 N–H and O–H groups in total. The van der Waals surface area contributed by atoms with Gasteiger partial charge in [-0.15, -0.1) is 0 Å². The van der Waals surface area contributed by atoms with Gasteiger partial charge in [-0.2, -0.15) is 0 Å². The van der Waals surface area contributed by atoms with Gasteiger partial charge in [-0.1, -0.05) is 11.6 Å². The first kappa shape index (κ1) is 18.6. The molecule has 132 valence electrons. The third-order valence-electron chi connectivity index (χ3n) is 4.13. The Morgan fingerprint density at radius 1 is 1.17 bits per heavy atom. The minimum atomic E-state index is -0.169. The number of hydrogen-bond donors (Lipinski definition) is 1. The van der Waals surface area contributed by atoms with E-state index in [0.717, 1.165) is 19.3 Å². The molecular weight excluding hydrogens is 374 g/mol. The number of hydrogen-bond acceptors (Lipinski definition) is 4. The molecule has 0 aliphatic heterocycles. The van der Waals surface area contributed by atoms with Gasteiger partial charge in [-0.3, -0.25) is 4.79 Å². The zero-order chi connectivity index (χ0) is 17.5. The maximum absolute atomic E-state index is 12.5. The Balaban J connectivity index is 2.12. The molecule has 0 atom stereocenters. The van der Waals surface area contributed by atoms with Crippen LogP contribution in [0, 0.1) is 0 Å². The fourth-order valence-electron chi connectivity index (χ4n) is 2.85. The first-order chi connectivity index (χ1) is 11.6. The highest BCUT2D eigenvalue weighted by atomic mass is 79.9. The molecule has 1 amide bonds. The lowest BCUT2D eigenvalue weighted by Crippen LogP contribution is -2.25. The Morgan fingerprint density at radius 2 is 1.92 bits per heavy atom. The van der Waals surface area contributed by atoms with Gasteiger partial charge in [0, 0.05) is 6.54 Å². The summed E-state index contributed by atoms with van der Waals surface area (Å²) in [6.45, 7) is 0.619. The van der Waals surface area contributed by atoms with Crippen molar-refractivity contribution < 1.29 is 19.0 Å². The molecule has 0 spiro atoms. The number of carbonyl (C=O) groups is 1. The number of nitrogens with one attached hydrogen (secondary N) is 1. The van der Waals surface area contributed by atoms with Gasteiger partial charge in [-0.05, 0) is 54.1 Å². The lowest BCUT2D eigenvalue weighted by molar-refractivity contribution is 0.0952. The summed E-state index contributed by atoms with van der Waals surface area (Å²) in [7, 11) is 4.59. The zero-order valence-corrected chi connectivity index (χ0v) is 16.0. The van der Waals surface area contributed by atoms with Crippen molar-refractivity contribution in [2.45, 2.75) is 32.1 Å². The zero-order valence-electron chi connectivity index (χ0n) is 14.4. The van der Waals surface area contributed by atoms with Crippen LogP contribution in [-0.4, -0.2) is 33.8 Å². The van der Waals surface area contributed by atoms with Gasteiger partial charge in [0.1, 0.15) is 0 Å². The quantitative estimate of drug-likeness (QED) is 0.703. The molecule has 0 aromatic heterocycles. The Kier molecular flexibility index (Phi) is 6.97. The maximum Gasteiger partial charge on any atom is 0.252 e. The van der Waals surface area contributed by atoms with Crippen molar-refractivity contribution >= 4 is 21.8 Å². The largest absolute Gasteiger partial charge is 0.493 e. The maximum atomic E-state index is 12.5. The summed E-state index contributed by atoms with van der Waals surface area (Å²) in [5.41, 5.74) is 1.90. The van der Waals surface area contributed by atoms with E-state index in [4.69, 9.17) is 14.2 Å². The number of allylic oxidation sites excluding steroid dienone is 1. The van der Waals surface area contributed by atoms with E-state index in [1.54, 1.807) is 6.07 Å². The summed E-state index contributed by atoms with van der Waals surface area (Å²) in [4.78, 5) is 12.5. The highest BCUT2D eigenvalue weighted by molar-refractivity contribution is 9.10. The van der Waals surface area contributed by atoms with Gasteiger partial charge in [0.25, 0.3) is 5.91 Å². The summed E-state index contributed by atoms with van der Waals surface area (Å²) >= 11 is 3.43. The van der Waals surface area contributed by atoms with Crippen molar-refractivity contribution in [2.24, 2.45) is 0 Å². The van der Waals surface area contributed by atoms with Crippen LogP contribution in [0.5, 0.6) is 17.2 Å². The fraction of sp³-hybridized carbons (Fsp3) is 0.500. The Labute approximate surface area is 151 Å². The Hall–Kier alpha value is -1.69. The molecule has 1 aliphatic carbocycles.